The summed E-state index contributed by atoms with van der Waals surface area (Å²) in [5, 5.41) is 2.19. The van der Waals surface area contributed by atoms with Crippen molar-refractivity contribution < 1.29 is 51.9 Å². The lowest BCUT2D eigenvalue weighted by atomic mass is 9.89. The number of aromatic nitrogens is 1. The molecule has 0 saturated carbocycles. The summed E-state index contributed by atoms with van der Waals surface area (Å²) >= 11 is 0. The van der Waals surface area contributed by atoms with Gasteiger partial charge >= 0.3 is 0 Å². The molecule has 0 N–H and O–H groups in total. The molecule has 0 spiro atoms. The van der Waals surface area contributed by atoms with Gasteiger partial charge in [0.25, 0.3) is 0 Å². The molecule has 2 aliphatic heterocycles. The first-order valence-electron chi connectivity index (χ1n) is 11.9. The van der Waals surface area contributed by atoms with E-state index in [0.29, 0.717) is 0 Å². The number of ether oxygens (including phenoxy) is 4. The van der Waals surface area contributed by atoms with Crippen LogP contribution in [0, 0.1) is 5.82 Å². The van der Waals surface area contributed by atoms with Gasteiger partial charge in [-0.3, -0.25) is 0 Å². The summed E-state index contributed by atoms with van der Waals surface area (Å²) in [5.41, 5.74) is 6.08. The summed E-state index contributed by atoms with van der Waals surface area (Å²) in [6, 6.07) is 15.2. The van der Waals surface area contributed by atoms with Crippen molar-refractivity contribution in [2.45, 2.75) is 32.2 Å². The molecule has 0 saturated heterocycles. The zero-order chi connectivity index (χ0) is 23.9. The molecule has 0 radical (unpaired) electrons. The molecule has 0 bridgehead atoms. The third-order valence-corrected chi connectivity index (χ3v) is 7.05. The lowest BCUT2D eigenvalue weighted by Gasteiger charge is -2.21. The fourth-order valence-electron chi connectivity index (χ4n) is 5.38. The van der Waals surface area contributed by atoms with Crippen molar-refractivity contribution in [1.82, 2.24) is 0 Å². The normalized spacial score (nSPS) is 13.1. The third kappa shape index (κ3) is 4.23. The van der Waals surface area contributed by atoms with Gasteiger partial charge in [-0.25, -0.2) is 4.39 Å². The summed E-state index contributed by atoms with van der Waals surface area (Å²) in [5.74, 6) is 2.88. The minimum Gasteiger partial charge on any atom is -1.00 e. The fourth-order valence-corrected chi connectivity index (χ4v) is 5.38. The Morgan fingerprint density at radius 1 is 0.917 bits per heavy atom. The molecule has 6 rings (SSSR count). The largest absolute Gasteiger partial charge is 1.00 e. The van der Waals surface area contributed by atoms with E-state index in [1.54, 1.807) is 14.2 Å². The Balaban J connectivity index is 0.00000267. The van der Waals surface area contributed by atoms with Gasteiger partial charge in [0.05, 0.1) is 25.2 Å². The molecule has 0 fully saturated rings. The van der Waals surface area contributed by atoms with Gasteiger partial charge in [-0.2, -0.15) is 4.57 Å². The van der Waals surface area contributed by atoms with Gasteiger partial charge in [-0.05, 0) is 66.8 Å². The number of rotatable bonds is 6. The maximum absolute atomic E-state index is 13.4. The van der Waals surface area contributed by atoms with Crippen LogP contribution in [0.3, 0.4) is 0 Å². The number of nitrogens with zero attached hydrogens (tertiary/aromatic N) is 1. The maximum atomic E-state index is 13.4. The predicted molar refractivity (Wildman–Crippen MR) is 131 cm³/mol. The number of fused-ring (bicyclic) bond motifs is 5. The molecule has 36 heavy (non-hydrogen) atoms. The van der Waals surface area contributed by atoms with Gasteiger partial charge < -0.3 is 42.9 Å². The van der Waals surface area contributed by atoms with Crippen molar-refractivity contribution >= 4 is 10.8 Å². The molecule has 1 aromatic heterocycles. The summed E-state index contributed by atoms with van der Waals surface area (Å²) in [6.07, 6.45) is 5.77. The average Bonchev–Trinajstić information content (AvgIpc) is 3.34. The third-order valence-electron chi connectivity index (χ3n) is 7.05. The zero-order valence-corrected chi connectivity index (χ0v) is 22.4. The Labute approximate surface area is 226 Å². The van der Waals surface area contributed by atoms with Crippen molar-refractivity contribution in [2.75, 3.05) is 21.0 Å². The van der Waals surface area contributed by atoms with Crippen LogP contribution in [0.5, 0.6) is 23.0 Å². The predicted octanol–water partition coefficient (Wildman–Crippen LogP) is 2.41. The smallest absolute Gasteiger partial charge is 0.231 e. The first-order valence-corrected chi connectivity index (χ1v) is 11.9. The van der Waals surface area contributed by atoms with Crippen LogP contribution in [0.2, 0.25) is 0 Å². The molecule has 5 nitrogen and oxygen atoms in total. The van der Waals surface area contributed by atoms with E-state index in [9.17, 15) is 4.39 Å². The fraction of sp³-hybridized carbons (Fsp3) is 0.276. The van der Waals surface area contributed by atoms with E-state index in [2.05, 4.69) is 29.0 Å². The highest BCUT2D eigenvalue weighted by atomic mass is 127. The molecule has 0 amide bonds. The van der Waals surface area contributed by atoms with Gasteiger partial charge in [0.15, 0.2) is 35.7 Å². The second kappa shape index (κ2) is 10.1. The standard InChI is InChI=1S/C29H27FNO4.HI/c1-32-25-11-10-21-22(5-3-4-18-6-8-20(30)9-7-18)28-23-15-27-26(34-17-35-27)14-19(23)12-13-31(28)16-24(21)29(25)33-2;/h6-11,14-16H,3-5,12-13,17H2,1-2H3;1H/q+1;/p-1. The van der Waals surface area contributed by atoms with Crippen LogP contribution in [0.25, 0.3) is 22.0 Å². The van der Waals surface area contributed by atoms with Crippen LogP contribution in [-0.4, -0.2) is 21.0 Å². The number of pyridine rings is 1. The van der Waals surface area contributed by atoms with Gasteiger partial charge in [0, 0.05) is 17.4 Å². The van der Waals surface area contributed by atoms with E-state index in [0.717, 1.165) is 71.6 Å². The van der Waals surface area contributed by atoms with Crippen molar-refractivity contribution in [3.8, 4) is 34.3 Å². The van der Waals surface area contributed by atoms with Crippen LogP contribution in [0.15, 0.2) is 54.7 Å². The monoisotopic (exact) mass is 599 g/mol. The average molecular weight is 599 g/mol. The highest BCUT2D eigenvalue weighted by molar-refractivity contribution is 5.95. The van der Waals surface area contributed by atoms with Crippen LogP contribution in [0.1, 0.15) is 23.1 Å². The van der Waals surface area contributed by atoms with E-state index in [4.69, 9.17) is 18.9 Å². The van der Waals surface area contributed by atoms with E-state index in [-0.39, 0.29) is 36.6 Å². The molecular weight excluding hydrogens is 572 g/mol. The number of aryl methyl sites for hydroxylation is 4. The zero-order valence-electron chi connectivity index (χ0n) is 20.3. The van der Waals surface area contributed by atoms with Gasteiger partial charge in [-0.15, -0.1) is 0 Å². The Bertz CT molecular complexity index is 1440. The number of benzene rings is 3. The lowest BCUT2D eigenvalue weighted by molar-refractivity contribution is -0.686. The van der Waals surface area contributed by atoms with Crippen molar-refractivity contribution in [3.63, 3.8) is 0 Å². The minimum absolute atomic E-state index is 0. The molecule has 3 aromatic carbocycles. The maximum Gasteiger partial charge on any atom is 0.231 e. The number of methoxy groups -OCH3 is 2. The topological polar surface area (TPSA) is 40.8 Å². The van der Waals surface area contributed by atoms with Gasteiger partial charge in [-0.1, -0.05) is 12.1 Å². The highest BCUT2D eigenvalue weighted by Gasteiger charge is 2.32. The SMILES string of the molecule is COc1ccc2c(CCCc3ccc(F)cc3)c3[n+](cc2c1OC)CCc1cc2c(cc1-3)OCO2.[I-]. The lowest BCUT2D eigenvalue weighted by Crippen LogP contribution is -3.00. The molecule has 0 atom stereocenters. The number of hydrogen-bond donors (Lipinski definition) is 0. The van der Waals surface area contributed by atoms with Crippen LogP contribution in [0.4, 0.5) is 4.39 Å². The Morgan fingerprint density at radius 3 is 2.44 bits per heavy atom. The Hall–Kier alpha value is -3.07. The quantitative estimate of drug-likeness (QED) is 0.253. The van der Waals surface area contributed by atoms with Crippen molar-refractivity contribution in [2.24, 2.45) is 0 Å². The second-order valence-corrected chi connectivity index (χ2v) is 9.00. The van der Waals surface area contributed by atoms with Crippen molar-refractivity contribution in [3.05, 3.63) is 77.2 Å². The molecule has 186 valence electrons. The van der Waals surface area contributed by atoms with E-state index >= 15 is 0 Å². The van der Waals surface area contributed by atoms with E-state index in [1.165, 1.54) is 34.5 Å². The Kier molecular flexibility index (Phi) is 6.92. The molecule has 3 heterocycles. The summed E-state index contributed by atoms with van der Waals surface area (Å²) in [7, 11) is 3.35. The van der Waals surface area contributed by atoms with Crippen LogP contribution < -0.4 is 47.5 Å². The molecular formula is C29H27FINO4. The number of halogens is 2. The summed E-state index contributed by atoms with van der Waals surface area (Å²) in [6.45, 7) is 1.13. The molecule has 7 heteroatoms. The van der Waals surface area contributed by atoms with Crippen LogP contribution in [-0.2, 0) is 25.8 Å². The van der Waals surface area contributed by atoms with E-state index < -0.39 is 0 Å². The van der Waals surface area contributed by atoms with Crippen LogP contribution >= 0.6 is 0 Å². The minimum atomic E-state index is -0.204. The highest BCUT2D eigenvalue weighted by Crippen LogP contribution is 2.43. The molecule has 0 aliphatic carbocycles. The first kappa shape index (κ1) is 24.6. The van der Waals surface area contributed by atoms with E-state index in [1.807, 2.05) is 18.2 Å². The summed E-state index contributed by atoms with van der Waals surface area (Å²) in [4.78, 5) is 0. The second-order valence-electron chi connectivity index (χ2n) is 9.00. The van der Waals surface area contributed by atoms with Gasteiger partial charge in [0.2, 0.25) is 12.5 Å². The van der Waals surface area contributed by atoms with Crippen molar-refractivity contribution in [1.29, 1.82) is 0 Å². The van der Waals surface area contributed by atoms with Gasteiger partial charge in [0.1, 0.15) is 5.82 Å². The summed E-state index contributed by atoms with van der Waals surface area (Å²) < 4.78 is 38.5. The molecule has 4 aromatic rings. The molecule has 2 aliphatic rings. The first-order chi connectivity index (χ1) is 17.2. The number of hydrogen-bond acceptors (Lipinski definition) is 4. The molecule has 0 unspecified atom stereocenters. The Morgan fingerprint density at radius 2 is 1.69 bits per heavy atom.